The lowest BCUT2D eigenvalue weighted by atomic mass is 10.0. The van der Waals surface area contributed by atoms with Crippen LogP contribution in [0.1, 0.15) is 30.5 Å². The monoisotopic (exact) mass is 667 g/mol. The molecule has 11 heteroatoms. The van der Waals surface area contributed by atoms with Crippen LogP contribution in [0.5, 0.6) is 0 Å². The third-order valence-corrected chi connectivity index (χ3v) is 8.94. The van der Waals surface area contributed by atoms with Crippen molar-refractivity contribution in [2.45, 2.75) is 45.8 Å². The summed E-state index contributed by atoms with van der Waals surface area (Å²) in [5.74, 6) is -0.956. The van der Waals surface area contributed by atoms with E-state index in [0.717, 1.165) is 26.2 Å². The van der Waals surface area contributed by atoms with Crippen molar-refractivity contribution in [2.24, 2.45) is 0 Å². The number of carbonyl (C=O) groups excluding carboxylic acids is 2. The van der Waals surface area contributed by atoms with Gasteiger partial charge in [-0.05, 0) is 62.2 Å². The number of benzene rings is 3. The second-order valence-corrected chi connectivity index (χ2v) is 13.4. The van der Waals surface area contributed by atoms with Crippen LogP contribution in [0.25, 0.3) is 0 Å². The van der Waals surface area contributed by atoms with E-state index in [1.165, 1.54) is 4.90 Å². The maximum absolute atomic E-state index is 14.1. The lowest BCUT2D eigenvalue weighted by Gasteiger charge is -2.34. The van der Waals surface area contributed by atoms with Gasteiger partial charge in [0.25, 0.3) is 0 Å². The second-order valence-electron chi connectivity index (χ2n) is 9.79. The third kappa shape index (κ3) is 8.46. The lowest BCUT2D eigenvalue weighted by Crippen LogP contribution is -2.54. The number of hydrogen-bond acceptors (Lipinski definition) is 4. The number of rotatable bonds is 11. The average molecular weight is 669 g/mol. The third-order valence-electron chi connectivity index (χ3n) is 6.20. The first-order chi connectivity index (χ1) is 18.8. The number of carbonyl (C=O) groups is 2. The fraction of sp³-hybridized carbons (Fsp3) is 0.310. The van der Waals surface area contributed by atoms with Gasteiger partial charge in [0.15, 0.2) is 0 Å². The first kappa shape index (κ1) is 31.9. The van der Waals surface area contributed by atoms with Gasteiger partial charge in [-0.25, -0.2) is 8.42 Å². The van der Waals surface area contributed by atoms with Crippen LogP contribution in [0.15, 0.2) is 71.2 Å². The van der Waals surface area contributed by atoms with Crippen molar-refractivity contribution < 1.29 is 18.0 Å². The Labute approximate surface area is 254 Å². The summed E-state index contributed by atoms with van der Waals surface area (Å²) in [5.41, 5.74) is 2.42. The fourth-order valence-electron chi connectivity index (χ4n) is 4.19. The summed E-state index contributed by atoms with van der Waals surface area (Å²) < 4.78 is 27.7. The van der Waals surface area contributed by atoms with Crippen LogP contribution in [-0.4, -0.2) is 50.0 Å². The molecule has 0 aliphatic rings. The molecule has 3 rings (SSSR count). The molecule has 0 bridgehead atoms. The summed E-state index contributed by atoms with van der Waals surface area (Å²) in [6, 6.07) is 18.2. The molecule has 2 amide bonds. The van der Waals surface area contributed by atoms with Crippen molar-refractivity contribution in [1.29, 1.82) is 0 Å². The summed E-state index contributed by atoms with van der Waals surface area (Å²) in [6.07, 6.45) is 1.24. The van der Waals surface area contributed by atoms with E-state index in [9.17, 15) is 18.0 Å². The molecule has 7 nitrogen and oxygen atoms in total. The van der Waals surface area contributed by atoms with Crippen LogP contribution in [-0.2, 0) is 32.6 Å². The molecule has 0 saturated heterocycles. The predicted molar refractivity (Wildman–Crippen MR) is 165 cm³/mol. The molecule has 1 atom stereocenters. The van der Waals surface area contributed by atoms with Gasteiger partial charge in [0.05, 0.1) is 11.9 Å². The Bertz CT molecular complexity index is 1450. The molecule has 214 valence electrons. The molecule has 0 aromatic heterocycles. The van der Waals surface area contributed by atoms with Crippen molar-refractivity contribution in [3.05, 3.63) is 97.9 Å². The number of hydrogen-bond donors (Lipinski definition) is 1. The van der Waals surface area contributed by atoms with E-state index in [-0.39, 0.29) is 24.9 Å². The van der Waals surface area contributed by atoms with E-state index < -0.39 is 28.5 Å². The first-order valence-electron chi connectivity index (χ1n) is 12.6. The van der Waals surface area contributed by atoms with Crippen LogP contribution in [0.4, 0.5) is 5.69 Å². The Morgan fingerprint density at radius 2 is 1.60 bits per heavy atom. The predicted octanol–water partition coefficient (Wildman–Crippen LogP) is 6.00. The van der Waals surface area contributed by atoms with E-state index >= 15 is 0 Å². The molecule has 3 aromatic rings. The topological polar surface area (TPSA) is 86.8 Å². The quantitative estimate of drug-likeness (QED) is 0.272. The van der Waals surface area contributed by atoms with E-state index in [4.69, 9.17) is 23.2 Å². The molecule has 0 aliphatic heterocycles. The Morgan fingerprint density at radius 3 is 2.15 bits per heavy atom. The lowest BCUT2D eigenvalue weighted by molar-refractivity contribution is -0.140. The largest absolute Gasteiger partial charge is 0.352 e. The van der Waals surface area contributed by atoms with Crippen LogP contribution >= 0.6 is 39.1 Å². The number of sulfonamides is 1. The van der Waals surface area contributed by atoms with Crippen molar-refractivity contribution in [1.82, 2.24) is 10.2 Å². The van der Waals surface area contributed by atoms with Gasteiger partial charge in [-0.2, -0.15) is 0 Å². The average Bonchev–Trinajstić information content (AvgIpc) is 2.87. The van der Waals surface area contributed by atoms with Gasteiger partial charge >= 0.3 is 0 Å². The summed E-state index contributed by atoms with van der Waals surface area (Å²) in [4.78, 5) is 29.1. The SMILES string of the molecule is Cc1cc(N(CC(=O)N(Cc2c(Cl)cccc2Cl)[C@@H](Cc2ccccc2)C(=O)NC(C)C)S(C)(=O)=O)ccc1Br. The summed E-state index contributed by atoms with van der Waals surface area (Å²) in [7, 11) is -3.87. The van der Waals surface area contributed by atoms with Gasteiger partial charge < -0.3 is 10.2 Å². The van der Waals surface area contributed by atoms with Gasteiger partial charge in [0.2, 0.25) is 21.8 Å². The number of nitrogens with zero attached hydrogens (tertiary/aromatic N) is 2. The van der Waals surface area contributed by atoms with E-state index in [2.05, 4.69) is 21.2 Å². The van der Waals surface area contributed by atoms with Crippen molar-refractivity contribution in [2.75, 3.05) is 17.1 Å². The maximum Gasteiger partial charge on any atom is 0.244 e. The first-order valence-corrected chi connectivity index (χ1v) is 16.0. The molecule has 0 unspecified atom stereocenters. The maximum atomic E-state index is 14.1. The summed E-state index contributed by atoms with van der Waals surface area (Å²) in [6.45, 7) is 4.86. The van der Waals surface area contributed by atoms with Crippen LogP contribution < -0.4 is 9.62 Å². The summed E-state index contributed by atoms with van der Waals surface area (Å²) in [5, 5.41) is 3.57. The zero-order valence-electron chi connectivity index (χ0n) is 22.7. The standard InChI is InChI=1S/C29H32BrCl2N3O4S/c1-19(2)33-29(37)27(16-21-9-6-5-7-10-21)34(17-23-25(31)11-8-12-26(23)32)28(36)18-35(40(4,38)39)22-13-14-24(30)20(3)15-22/h5-15,19,27H,16-18H2,1-4H3,(H,33,37)/t27-/m0/s1. The highest BCUT2D eigenvalue weighted by Gasteiger charge is 2.34. The molecule has 0 radical (unpaired) electrons. The van der Waals surface area contributed by atoms with Gasteiger partial charge in [-0.15, -0.1) is 0 Å². The van der Waals surface area contributed by atoms with Crippen LogP contribution in [0.3, 0.4) is 0 Å². The van der Waals surface area contributed by atoms with Gasteiger partial charge in [-0.3, -0.25) is 13.9 Å². The Balaban J connectivity index is 2.11. The number of aryl methyl sites for hydroxylation is 1. The zero-order valence-corrected chi connectivity index (χ0v) is 26.6. The van der Waals surface area contributed by atoms with Crippen molar-refractivity contribution in [3.63, 3.8) is 0 Å². The van der Waals surface area contributed by atoms with E-state index in [0.29, 0.717) is 21.3 Å². The number of nitrogens with one attached hydrogen (secondary N) is 1. The smallest absolute Gasteiger partial charge is 0.244 e. The highest BCUT2D eigenvalue weighted by molar-refractivity contribution is 9.10. The zero-order chi connectivity index (χ0) is 29.6. The number of anilines is 1. The molecule has 0 saturated carbocycles. The van der Waals surface area contributed by atoms with E-state index in [1.54, 1.807) is 36.4 Å². The molecule has 0 heterocycles. The minimum atomic E-state index is -3.87. The highest BCUT2D eigenvalue weighted by Crippen LogP contribution is 2.29. The van der Waals surface area contributed by atoms with Crippen molar-refractivity contribution >= 4 is 66.7 Å². The van der Waals surface area contributed by atoms with Crippen LogP contribution in [0, 0.1) is 6.92 Å². The minimum absolute atomic E-state index is 0.0999. The van der Waals surface area contributed by atoms with Crippen LogP contribution in [0.2, 0.25) is 10.0 Å². The summed E-state index contributed by atoms with van der Waals surface area (Å²) >= 11 is 16.4. The minimum Gasteiger partial charge on any atom is -0.352 e. The molecular weight excluding hydrogens is 637 g/mol. The molecular formula is C29H32BrCl2N3O4S. The second kappa shape index (κ2) is 13.9. The molecule has 0 aliphatic carbocycles. The Hall–Kier alpha value is -2.59. The van der Waals surface area contributed by atoms with E-state index in [1.807, 2.05) is 51.1 Å². The van der Waals surface area contributed by atoms with Gasteiger partial charge in [-0.1, -0.05) is 75.5 Å². The molecule has 0 spiro atoms. The normalized spacial score (nSPS) is 12.2. The molecule has 40 heavy (non-hydrogen) atoms. The Kier molecular flexibility index (Phi) is 11.1. The van der Waals surface area contributed by atoms with Gasteiger partial charge in [0.1, 0.15) is 12.6 Å². The molecule has 0 fully saturated rings. The Morgan fingerprint density at radius 1 is 0.975 bits per heavy atom. The number of amides is 2. The highest BCUT2D eigenvalue weighted by atomic mass is 79.9. The fourth-order valence-corrected chi connectivity index (χ4v) is 5.79. The molecule has 1 N–H and O–H groups in total. The number of halogens is 3. The molecule has 3 aromatic carbocycles. The van der Waals surface area contributed by atoms with Crippen molar-refractivity contribution in [3.8, 4) is 0 Å². The van der Waals surface area contributed by atoms with Gasteiger partial charge in [0, 0.05) is 39.1 Å².